The maximum Gasteiger partial charge on any atom is 0.225 e. The van der Waals surface area contributed by atoms with E-state index in [2.05, 4.69) is 27.7 Å². The SMILES string of the molecule is CCOc1ccc(N2CC(Oc3ccc([C@H](C)NC(=O)C4CNC(=O)C4)cc3)C2)cc1. The Kier molecular flexibility index (Phi) is 6.30. The van der Waals surface area contributed by atoms with Gasteiger partial charge in [-0.1, -0.05) is 12.1 Å². The average molecular weight is 424 g/mol. The van der Waals surface area contributed by atoms with Crippen molar-refractivity contribution in [3.05, 3.63) is 54.1 Å². The van der Waals surface area contributed by atoms with Crippen LogP contribution in [0.5, 0.6) is 11.5 Å². The summed E-state index contributed by atoms with van der Waals surface area (Å²) in [6.45, 7) is 6.69. The molecule has 164 valence electrons. The Morgan fingerprint density at radius 3 is 2.42 bits per heavy atom. The van der Waals surface area contributed by atoms with Crippen molar-refractivity contribution in [2.45, 2.75) is 32.4 Å². The minimum atomic E-state index is -0.283. The summed E-state index contributed by atoms with van der Waals surface area (Å²) in [5, 5.41) is 5.69. The molecule has 2 aromatic carbocycles. The minimum Gasteiger partial charge on any atom is -0.494 e. The quantitative estimate of drug-likeness (QED) is 0.682. The summed E-state index contributed by atoms with van der Waals surface area (Å²) in [5.41, 5.74) is 2.17. The van der Waals surface area contributed by atoms with Gasteiger partial charge in [-0.2, -0.15) is 0 Å². The summed E-state index contributed by atoms with van der Waals surface area (Å²) in [6, 6.07) is 15.8. The summed E-state index contributed by atoms with van der Waals surface area (Å²) in [7, 11) is 0. The molecule has 2 aliphatic heterocycles. The van der Waals surface area contributed by atoms with Crippen molar-refractivity contribution in [3.8, 4) is 11.5 Å². The molecule has 2 saturated heterocycles. The number of carbonyl (C=O) groups is 2. The van der Waals surface area contributed by atoms with Gasteiger partial charge in [0.25, 0.3) is 0 Å². The molecule has 2 aliphatic rings. The van der Waals surface area contributed by atoms with E-state index in [4.69, 9.17) is 9.47 Å². The summed E-state index contributed by atoms with van der Waals surface area (Å²) in [4.78, 5) is 25.9. The topological polar surface area (TPSA) is 79.9 Å². The number of nitrogens with zero attached hydrogens (tertiary/aromatic N) is 1. The first-order chi connectivity index (χ1) is 15.0. The van der Waals surface area contributed by atoms with E-state index in [9.17, 15) is 9.59 Å². The fourth-order valence-corrected chi connectivity index (χ4v) is 3.88. The van der Waals surface area contributed by atoms with Crippen molar-refractivity contribution < 1.29 is 19.1 Å². The third kappa shape index (κ3) is 5.10. The third-order valence-corrected chi connectivity index (χ3v) is 5.75. The number of hydrogen-bond donors (Lipinski definition) is 2. The lowest BCUT2D eigenvalue weighted by Crippen LogP contribution is -2.54. The Hall–Kier alpha value is -3.22. The maximum atomic E-state index is 12.3. The average Bonchev–Trinajstić information content (AvgIpc) is 3.18. The molecule has 2 aromatic rings. The van der Waals surface area contributed by atoms with Crippen LogP contribution >= 0.6 is 0 Å². The molecular weight excluding hydrogens is 394 g/mol. The van der Waals surface area contributed by atoms with Gasteiger partial charge in [-0.05, 0) is 55.8 Å². The lowest BCUT2D eigenvalue weighted by Gasteiger charge is -2.40. The first-order valence-corrected chi connectivity index (χ1v) is 10.8. The summed E-state index contributed by atoms with van der Waals surface area (Å²) in [5.74, 6) is 1.28. The van der Waals surface area contributed by atoms with E-state index in [0.29, 0.717) is 13.2 Å². The van der Waals surface area contributed by atoms with Crippen LogP contribution in [0.25, 0.3) is 0 Å². The summed E-state index contributed by atoms with van der Waals surface area (Å²) in [6.07, 6.45) is 0.419. The highest BCUT2D eigenvalue weighted by molar-refractivity contribution is 5.89. The van der Waals surface area contributed by atoms with Gasteiger partial charge in [-0.15, -0.1) is 0 Å². The molecule has 2 heterocycles. The van der Waals surface area contributed by atoms with E-state index in [-0.39, 0.29) is 36.3 Å². The fourth-order valence-electron chi connectivity index (χ4n) is 3.88. The highest BCUT2D eigenvalue weighted by Crippen LogP contribution is 2.27. The molecule has 2 N–H and O–H groups in total. The molecule has 0 aliphatic carbocycles. The van der Waals surface area contributed by atoms with E-state index in [1.807, 2.05) is 50.2 Å². The van der Waals surface area contributed by atoms with Crippen molar-refractivity contribution >= 4 is 17.5 Å². The van der Waals surface area contributed by atoms with Crippen molar-refractivity contribution in [3.63, 3.8) is 0 Å². The highest BCUT2D eigenvalue weighted by Gasteiger charge is 2.30. The number of benzene rings is 2. The van der Waals surface area contributed by atoms with Crippen LogP contribution in [0, 0.1) is 5.92 Å². The van der Waals surface area contributed by atoms with Crippen molar-refractivity contribution in [1.29, 1.82) is 0 Å². The van der Waals surface area contributed by atoms with Crippen LogP contribution in [0.1, 0.15) is 31.9 Å². The number of carbonyl (C=O) groups excluding carboxylic acids is 2. The van der Waals surface area contributed by atoms with Gasteiger partial charge in [0.2, 0.25) is 11.8 Å². The van der Waals surface area contributed by atoms with Crippen molar-refractivity contribution in [2.24, 2.45) is 5.92 Å². The van der Waals surface area contributed by atoms with E-state index in [0.717, 1.165) is 30.2 Å². The molecule has 2 atom stereocenters. The predicted octanol–water partition coefficient (Wildman–Crippen LogP) is 2.67. The van der Waals surface area contributed by atoms with Crippen molar-refractivity contribution in [2.75, 3.05) is 31.1 Å². The number of rotatable bonds is 8. The highest BCUT2D eigenvalue weighted by atomic mass is 16.5. The molecule has 0 saturated carbocycles. The fraction of sp³-hybridized carbons (Fsp3) is 0.417. The monoisotopic (exact) mass is 423 g/mol. The molecule has 4 rings (SSSR count). The first kappa shape index (κ1) is 21.0. The van der Waals surface area contributed by atoms with Crippen LogP contribution in [-0.4, -0.2) is 44.2 Å². The van der Waals surface area contributed by atoms with Gasteiger partial charge in [0, 0.05) is 18.7 Å². The predicted molar refractivity (Wildman–Crippen MR) is 118 cm³/mol. The molecule has 0 radical (unpaired) electrons. The zero-order valence-corrected chi connectivity index (χ0v) is 18.0. The molecule has 7 heteroatoms. The maximum absolute atomic E-state index is 12.3. The van der Waals surface area contributed by atoms with Crippen LogP contribution in [0.4, 0.5) is 5.69 Å². The molecule has 0 bridgehead atoms. The Bertz CT molecular complexity index is 907. The molecule has 2 amide bonds. The Morgan fingerprint density at radius 2 is 1.81 bits per heavy atom. The zero-order valence-electron chi connectivity index (χ0n) is 18.0. The van der Waals surface area contributed by atoms with Gasteiger partial charge in [0.05, 0.1) is 31.7 Å². The second-order valence-electron chi connectivity index (χ2n) is 8.08. The molecular formula is C24H29N3O4. The number of hydrogen-bond acceptors (Lipinski definition) is 5. The van der Waals surface area contributed by atoms with Crippen molar-refractivity contribution in [1.82, 2.24) is 10.6 Å². The first-order valence-electron chi connectivity index (χ1n) is 10.8. The molecule has 31 heavy (non-hydrogen) atoms. The van der Waals surface area contributed by atoms with E-state index >= 15 is 0 Å². The lowest BCUT2D eigenvalue weighted by atomic mass is 10.0. The molecule has 2 fully saturated rings. The largest absolute Gasteiger partial charge is 0.494 e. The van der Waals surface area contributed by atoms with Crippen LogP contribution in [0.15, 0.2) is 48.5 Å². The van der Waals surface area contributed by atoms with Gasteiger partial charge >= 0.3 is 0 Å². The standard InChI is InChI=1S/C24H29N3O4/c1-3-30-20-10-6-19(7-11-20)27-14-22(15-27)31-21-8-4-17(5-9-21)16(2)26-24(29)18-12-23(28)25-13-18/h4-11,16,18,22H,3,12-15H2,1-2H3,(H,25,28)(H,26,29)/t16-,18?/m0/s1. The number of ether oxygens (including phenoxy) is 2. The van der Waals surface area contributed by atoms with Crippen LogP contribution in [0.2, 0.25) is 0 Å². The Balaban J connectivity index is 1.23. The van der Waals surface area contributed by atoms with Crippen LogP contribution < -0.4 is 25.0 Å². The van der Waals surface area contributed by atoms with Gasteiger partial charge in [0.1, 0.15) is 17.6 Å². The summed E-state index contributed by atoms with van der Waals surface area (Å²) >= 11 is 0. The normalized spacial score (nSPS) is 19.4. The summed E-state index contributed by atoms with van der Waals surface area (Å²) < 4.78 is 11.6. The second kappa shape index (κ2) is 9.29. The molecule has 0 aromatic heterocycles. The Labute approximate surface area is 182 Å². The van der Waals surface area contributed by atoms with Crippen LogP contribution in [0.3, 0.4) is 0 Å². The number of anilines is 1. The Morgan fingerprint density at radius 1 is 1.13 bits per heavy atom. The van der Waals surface area contributed by atoms with Gasteiger partial charge < -0.3 is 25.0 Å². The molecule has 1 unspecified atom stereocenters. The lowest BCUT2D eigenvalue weighted by molar-refractivity contribution is -0.127. The number of nitrogens with one attached hydrogen (secondary N) is 2. The minimum absolute atomic E-state index is 0.0635. The van der Waals surface area contributed by atoms with Gasteiger partial charge in [0.15, 0.2) is 0 Å². The second-order valence-corrected chi connectivity index (χ2v) is 8.08. The van der Waals surface area contributed by atoms with Gasteiger partial charge in [-0.25, -0.2) is 0 Å². The van der Waals surface area contributed by atoms with E-state index in [1.54, 1.807) is 0 Å². The van der Waals surface area contributed by atoms with E-state index < -0.39 is 0 Å². The van der Waals surface area contributed by atoms with E-state index in [1.165, 1.54) is 5.69 Å². The van der Waals surface area contributed by atoms with Gasteiger partial charge in [-0.3, -0.25) is 9.59 Å². The molecule has 7 nitrogen and oxygen atoms in total. The molecule has 0 spiro atoms. The smallest absolute Gasteiger partial charge is 0.225 e. The number of amides is 2. The van der Waals surface area contributed by atoms with Crippen LogP contribution in [-0.2, 0) is 9.59 Å². The zero-order chi connectivity index (χ0) is 21.8. The third-order valence-electron chi connectivity index (χ3n) is 5.75.